The number of nitrogens with one attached hydrogen (secondary N) is 2. The van der Waals surface area contributed by atoms with Crippen LogP contribution in [-0.4, -0.2) is 48.1 Å². The second-order valence-corrected chi connectivity index (χ2v) is 7.25. The minimum atomic E-state index is -0.327. The number of hydrogen-bond acceptors (Lipinski definition) is 4. The van der Waals surface area contributed by atoms with E-state index < -0.39 is 0 Å². The van der Waals surface area contributed by atoms with E-state index in [-0.39, 0.29) is 23.1 Å². The highest BCUT2D eigenvalue weighted by atomic mass is 16.5. The number of amides is 1. The van der Waals surface area contributed by atoms with Crippen LogP contribution in [0.2, 0.25) is 0 Å². The maximum Gasteiger partial charge on any atom is 0.261 e. The second kappa shape index (κ2) is 8.63. The summed E-state index contributed by atoms with van der Waals surface area (Å²) < 4.78 is 5.49. The number of rotatable bonds is 9. The fraction of sp³-hybridized carbons (Fsp3) is 0.684. The van der Waals surface area contributed by atoms with Gasteiger partial charge >= 0.3 is 0 Å². The summed E-state index contributed by atoms with van der Waals surface area (Å²) in [5.41, 5.74) is 0.728. The standard InChI is InChI=1S/C19H29N3O3/c1-2-9-22(12-14-5-6-14)13-15-7-8-17(19(24)21-15)18(23)20-11-16-4-3-10-25-16/h7-8,14,16H,2-6,9-13H2,1H3,(H,20,23)(H,21,24). The van der Waals surface area contributed by atoms with Crippen LogP contribution in [0.1, 0.15) is 55.1 Å². The van der Waals surface area contributed by atoms with Gasteiger partial charge in [0, 0.05) is 31.9 Å². The molecule has 2 heterocycles. The zero-order chi connectivity index (χ0) is 17.6. The SMILES string of the molecule is CCCN(Cc1ccc(C(=O)NCC2CCCO2)c(=O)[nH]1)CC1CC1. The Morgan fingerprint density at radius 1 is 1.36 bits per heavy atom. The molecule has 1 atom stereocenters. The van der Waals surface area contributed by atoms with Gasteiger partial charge in [-0.1, -0.05) is 6.92 Å². The molecule has 0 aromatic carbocycles. The van der Waals surface area contributed by atoms with Crippen molar-refractivity contribution in [1.82, 2.24) is 15.2 Å². The molecule has 6 nitrogen and oxygen atoms in total. The molecule has 1 aliphatic heterocycles. The van der Waals surface area contributed by atoms with Gasteiger partial charge in [-0.2, -0.15) is 0 Å². The lowest BCUT2D eigenvalue weighted by molar-refractivity contribution is 0.0856. The Morgan fingerprint density at radius 3 is 2.84 bits per heavy atom. The third kappa shape index (κ3) is 5.41. The lowest BCUT2D eigenvalue weighted by Crippen LogP contribution is -2.35. The van der Waals surface area contributed by atoms with Gasteiger partial charge < -0.3 is 15.0 Å². The number of hydrogen-bond donors (Lipinski definition) is 2. The van der Waals surface area contributed by atoms with Gasteiger partial charge in [-0.3, -0.25) is 14.5 Å². The summed E-state index contributed by atoms with van der Waals surface area (Å²) >= 11 is 0. The van der Waals surface area contributed by atoms with Crippen molar-refractivity contribution in [1.29, 1.82) is 0 Å². The van der Waals surface area contributed by atoms with Gasteiger partial charge in [0.2, 0.25) is 0 Å². The van der Waals surface area contributed by atoms with Crippen LogP contribution in [0.3, 0.4) is 0 Å². The third-order valence-corrected chi connectivity index (χ3v) is 4.88. The Labute approximate surface area is 148 Å². The predicted molar refractivity (Wildman–Crippen MR) is 96.7 cm³/mol. The molecule has 1 aromatic rings. The average molecular weight is 347 g/mol. The predicted octanol–water partition coefficient (Wildman–Crippen LogP) is 1.91. The van der Waals surface area contributed by atoms with Crippen LogP contribution in [0.15, 0.2) is 16.9 Å². The molecule has 25 heavy (non-hydrogen) atoms. The summed E-state index contributed by atoms with van der Waals surface area (Å²) in [6.07, 6.45) is 5.81. The van der Waals surface area contributed by atoms with E-state index >= 15 is 0 Å². The van der Waals surface area contributed by atoms with Crippen molar-refractivity contribution in [2.45, 2.75) is 51.7 Å². The van der Waals surface area contributed by atoms with Crippen LogP contribution in [0.5, 0.6) is 0 Å². The molecule has 0 bridgehead atoms. The van der Waals surface area contributed by atoms with Crippen molar-refractivity contribution in [3.05, 3.63) is 33.7 Å². The van der Waals surface area contributed by atoms with Gasteiger partial charge in [-0.25, -0.2) is 0 Å². The number of aromatic amines is 1. The molecule has 1 saturated carbocycles. The summed E-state index contributed by atoms with van der Waals surface area (Å²) in [4.78, 5) is 29.8. The third-order valence-electron chi connectivity index (χ3n) is 4.88. The molecule has 2 fully saturated rings. The minimum absolute atomic E-state index is 0.0762. The topological polar surface area (TPSA) is 74.4 Å². The maximum atomic E-state index is 12.3. The van der Waals surface area contributed by atoms with E-state index in [4.69, 9.17) is 4.74 Å². The fourth-order valence-electron chi connectivity index (χ4n) is 3.35. The number of carbonyl (C=O) groups is 1. The molecular weight excluding hydrogens is 318 g/mol. The number of nitrogens with zero attached hydrogens (tertiary/aromatic N) is 1. The van der Waals surface area contributed by atoms with E-state index in [1.165, 1.54) is 12.8 Å². The van der Waals surface area contributed by atoms with E-state index in [1.54, 1.807) is 6.07 Å². The Bertz CT molecular complexity index is 633. The zero-order valence-corrected chi connectivity index (χ0v) is 15.1. The zero-order valence-electron chi connectivity index (χ0n) is 15.1. The van der Waals surface area contributed by atoms with Gasteiger partial charge in [0.25, 0.3) is 11.5 Å². The normalized spacial score (nSPS) is 20.2. The van der Waals surface area contributed by atoms with Gasteiger partial charge in [-0.15, -0.1) is 0 Å². The number of ether oxygens (including phenoxy) is 1. The molecule has 0 radical (unpaired) electrons. The first kappa shape index (κ1) is 18.1. The molecule has 2 aliphatic rings. The van der Waals surface area contributed by atoms with Crippen molar-refractivity contribution in [2.75, 3.05) is 26.2 Å². The van der Waals surface area contributed by atoms with Crippen molar-refractivity contribution in [3.8, 4) is 0 Å². The first-order chi connectivity index (χ1) is 12.2. The molecule has 1 amide bonds. The fourth-order valence-corrected chi connectivity index (χ4v) is 3.35. The Balaban J connectivity index is 1.57. The van der Waals surface area contributed by atoms with E-state index in [0.717, 1.165) is 57.1 Å². The van der Waals surface area contributed by atoms with Crippen molar-refractivity contribution in [2.24, 2.45) is 5.92 Å². The van der Waals surface area contributed by atoms with Gasteiger partial charge in [0.1, 0.15) is 5.56 Å². The van der Waals surface area contributed by atoms with Crippen LogP contribution in [-0.2, 0) is 11.3 Å². The molecule has 1 saturated heterocycles. The lowest BCUT2D eigenvalue weighted by atomic mass is 10.2. The Hall–Kier alpha value is -1.66. The number of carbonyl (C=O) groups excluding carboxylic acids is 1. The molecule has 0 spiro atoms. The van der Waals surface area contributed by atoms with E-state index in [9.17, 15) is 9.59 Å². The van der Waals surface area contributed by atoms with Crippen molar-refractivity contribution < 1.29 is 9.53 Å². The van der Waals surface area contributed by atoms with Gasteiger partial charge in [0.05, 0.1) is 6.10 Å². The molecule has 1 aliphatic carbocycles. The summed E-state index contributed by atoms with van der Waals surface area (Å²) in [7, 11) is 0. The molecular formula is C19H29N3O3. The molecule has 1 aromatic heterocycles. The lowest BCUT2D eigenvalue weighted by Gasteiger charge is -2.21. The molecule has 3 rings (SSSR count). The number of H-pyrrole nitrogens is 1. The first-order valence-corrected chi connectivity index (χ1v) is 9.50. The quantitative estimate of drug-likeness (QED) is 0.715. The highest BCUT2D eigenvalue weighted by molar-refractivity contribution is 5.93. The Kier molecular flexibility index (Phi) is 6.26. The average Bonchev–Trinajstić information content (AvgIpc) is 3.24. The van der Waals surface area contributed by atoms with E-state index in [0.29, 0.717) is 6.54 Å². The van der Waals surface area contributed by atoms with Crippen LogP contribution in [0.25, 0.3) is 0 Å². The largest absolute Gasteiger partial charge is 0.376 e. The first-order valence-electron chi connectivity index (χ1n) is 9.50. The molecule has 2 N–H and O–H groups in total. The molecule has 138 valence electrons. The number of aromatic nitrogens is 1. The minimum Gasteiger partial charge on any atom is -0.376 e. The highest BCUT2D eigenvalue weighted by Crippen LogP contribution is 2.30. The van der Waals surface area contributed by atoms with Crippen molar-refractivity contribution in [3.63, 3.8) is 0 Å². The monoisotopic (exact) mass is 347 g/mol. The van der Waals surface area contributed by atoms with Crippen molar-refractivity contribution >= 4 is 5.91 Å². The summed E-state index contributed by atoms with van der Waals surface area (Å²) in [6, 6.07) is 3.50. The van der Waals surface area contributed by atoms with Gasteiger partial charge in [-0.05, 0) is 56.7 Å². The maximum absolute atomic E-state index is 12.3. The molecule has 6 heteroatoms. The Morgan fingerprint density at radius 2 is 2.20 bits per heavy atom. The van der Waals surface area contributed by atoms with E-state index in [1.807, 2.05) is 6.07 Å². The van der Waals surface area contributed by atoms with Crippen LogP contribution in [0.4, 0.5) is 0 Å². The molecule has 1 unspecified atom stereocenters. The second-order valence-electron chi connectivity index (χ2n) is 7.25. The number of pyridine rings is 1. The van der Waals surface area contributed by atoms with Gasteiger partial charge in [0.15, 0.2) is 0 Å². The smallest absolute Gasteiger partial charge is 0.261 e. The summed E-state index contributed by atoms with van der Waals surface area (Å²) in [6.45, 7) is 6.25. The van der Waals surface area contributed by atoms with Crippen LogP contribution < -0.4 is 10.9 Å². The van der Waals surface area contributed by atoms with Crippen LogP contribution >= 0.6 is 0 Å². The summed E-state index contributed by atoms with van der Waals surface area (Å²) in [5, 5.41) is 2.80. The highest BCUT2D eigenvalue weighted by Gasteiger charge is 2.24. The van der Waals surface area contributed by atoms with Crippen LogP contribution in [0, 0.1) is 5.92 Å². The summed E-state index contributed by atoms with van der Waals surface area (Å²) in [5.74, 6) is 0.493. The van der Waals surface area contributed by atoms with E-state index in [2.05, 4.69) is 22.1 Å².